The third kappa shape index (κ3) is 5.38. The van der Waals surface area contributed by atoms with Crippen molar-refractivity contribution in [2.45, 2.75) is 26.1 Å². The molecule has 0 saturated heterocycles. The van der Waals surface area contributed by atoms with E-state index < -0.39 is 6.10 Å². The van der Waals surface area contributed by atoms with Crippen LogP contribution in [0.5, 0.6) is 0 Å². The van der Waals surface area contributed by atoms with E-state index in [1.165, 1.54) is 12.3 Å². The molecule has 0 aliphatic rings. The Morgan fingerprint density at radius 3 is 2.50 bits per heavy atom. The molecule has 0 N–H and O–H groups in total. The summed E-state index contributed by atoms with van der Waals surface area (Å²) in [5, 5.41) is 10.4. The van der Waals surface area contributed by atoms with Crippen LogP contribution < -0.4 is 0 Å². The Labute approximate surface area is 61.8 Å². The van der Waals surface area contributed by atoms with Gasteiger partial charge in [-0.1, -0.05) is 12.7 Å². The van der Waals surface area contributed by atoms with E-state index in [2.05, 4.69) is 6.58 Å². The van der Waals surface area contributed by atoms with Crippen LogP contribution in [0.2, 0.25) is 0 Å². The lowest BCUT2D eigenvalue weighted by molar-refractivity contribution is 0.138. The molecule has 57 valence electrons. The molecule has 0 rings (SSSR count). The lowest BCUT2D eigenvalue weighted by atomic mass is 10.4. The zero-order valence-electron chi connectivity index (χ0n) is 6.41. The van der Waals surface area contributed by atoms with Crippen molar-refractivity contribution < 1.29 is 9.84 Å². The minimum Gasteiger partial charge on any atom is -0.495 e. The maximum absolute atomic E-state index is 10.4. The van der Waals surface area contributed by atoms with Crippen molar-refractivity contribution in [3.8, 4) is 0 Å². The number of hydrogen-bond donors (Lipinski definition) is 0. The normalized spacial score (nSPS) is 16.7. The third-order valence-electron chi connectivity index (χ3n) is 0.975. The van der Waals surface area contributed by atoms with Crippen LogP contribution in [-0.2, 0) is 9.84 Å². The first-order valence-electron chi connectivity index (χ1n) is 3.27. The topological polar surface area (TPSA) is 29.1 Å². The van der Waals surface area contributed by atoms with Gasteiger partial charge < -0.3 is 4.74 Å². The van der Waals surface area contributed by atoms with Gasteiger partial charge in [0.25, 0.3) is 0 Å². The van der Waals surface area contributed by atoms with Crippen molar-refractivity contribution in [3.63, 3.8) is 0 Å². The third-order valence-corrected chi connectivity index (χ3v) is 0.975. The van der Waals surface area contributed by atoms with E-state index in [0.717, 1.165) is 0 Å². The quantitative estimate of drug-likeness (QED) is 0.434. The van der Waals surface area contributed by atoms with Crippen LogP contribution in [0, 0.1) is 0 Å². The van der Waals surface area contributed by atoms with E-state index in [1.54, 1.807) is 13.0 Å². The van der Waals surface area contributed by atoms with Crippen molar-refractivity contribution in [1.82, 2.24) is 0 Å². The van der Waals surface area contributed by atoms with E-state index >= 15 is 0 Å². The SMILES string of the molecule is C=CC(C)OC=CC(C)[O]. The highest BCUT2D eigenvalue weighted by Gasteiger charge is 1.91. The van der Waals surface area contributed by atoms with Gasteiger partial charge in [-0.05, 0) is 19.9 Å². The van der Waals surface area contributed by atoms with Crippen LogP contribution in [0.3, 0.4) is 0 Å². The highest BCUT2D eigenvalue weighted by Crippen LogP contribution is 1.93. The molecule has 0 aromatic rings. The second-order valence-electron chi connectivity index (χ2n) is 2.11. The van der Waals surface area contributed by atoms with Gasteiger partial charge in [0.05, 0.1) is 6.26 Å². The molecule has 0 aliphatic heterocycles. The molecule has 1 radical (unpaired) electrons. The van der Waals surface area contributed by atoms with Gasteiger partial charge in [-0.3, -0.25) is 0 Å². The number of hydrogen-bond acceptors (Lipinski definition) is 1. The summed E-state index contributed by atoms with van der Waals surface area (Å²) in [7, 11) is 0. The minimum absolute atomic E-state index is 0.0185. The van der Waals surface area contributed by atoms with Crippen molar-refractivity contribution >= 4 is 0 Å². The molecule has 10 heavy (non-hydrogen) atoms. The molecule has 0 aromatic heterocycles. The van der Waals surface area contributed by atoms with Crippen LogP contribution >= 0.6 is 0 Å². The number of rotatable bonds is 4. The summed E-state index contributed by atoms with van der Waals surface area (Å²) in [4.78, 5) is 0. The maximum Gasteiger partial charge on any atom is 0.113 e. The Bertz CT molecular complexity index is 116. The Kier molecular flexibility index (Phi) is 4.67. The first-order valence-corrected chi connectivity index (χ1v) is 3.27. The Morgan fingerprint density at radius 1 is 1.50 bits per heavy atom. The van der Waals surface area contributed by atoms with Gasteiger partial charge in [0.1, 0.15) is 12.2 Å². The van der Waals surface area contributed by atoms with Gasteiger partial charge in [-0.2, -0.15) is 0 Å². The van der Waals surface area contributed by atoms with Crippen LogP contribution in [0.15, 0.2) is 25.0 Å². The summed E-state index contributed by atoms with van der Waals surface area (Å²) in [6.07, 6.45) is 3.83. The van der Waals surface area contributed by atoms with Gasteiger partial charge in [0.2, 0.25) is 0 Å². The van der Waals surface area contributed by atoms with E-state index in [4.69, 9.17) is 4.74 Å². The molecule has 0 amide bonds. The molecule has 0 saturated carbocycles. The second-order valence-corrected chi connectivity index (χ2v) is 2.11. The summed E-state index contributed by atoms with van der Waals surface area (Å²) < 4.78 is 5.00. The van der Waals surface area contributed by atoms with E-state index in [0.29, 0.717) is 0 Å². The molecule has 0 bridgehead atoms. The molecule has 0 fully saturated rings. The van der Waals surface area contributed by atoms with Gasteiger partial charge in [0.15, 0.2) is 0 Å². The van der Waals surface area contributed by atoms with Gasteiger partial charge in [0, 0.05) is 0 Å². The zero-order valence-corrected chi connectivity index (χ0v) is 6.41. The number of ether oxygens (including phenoxy) is 1. The molecule has 0 aromatic carbocycles. The summed E-state index contributed by atoms with van der Waals surface area (Å²) in [5.41, 5.74) is 0. The Morgan fingerprint density at radius 2 is 2.10 bits per heavy atom. The minimum atomic E-state index is -0.697. The molecule has 2 nitrogen and oxygen atoms in total. The van der Waals surface area contributed by atoms with E-state index in [-0.39, 0.29) is 6.10 Å². The molecule has 0 aliphatic carbocycles. The van der Waals surface area contributed by atoms with Crippen LogP contribution in [0.1, 0.15) is 13.8 Å². The molecule has 2 heteroatoms. The predicted octanol–water partition coefficient (Wildman–Crippen LogP) is 1.91. The first-order chi connectivity index (χ1) is 4.66. The molecular weight excluding hydrogens is 128 g/mol. The lowest BCUT2D eigenvalue weighted by Gasteiger charge is -2.03. The first kappa shape index (κ1) is 9.24. The predicted molar refractivity (Wildman–Crippen MR) is 40.0 cm³/mol. The monoisotopic (exact) mass is 141 g/mol. The average Bonchev–Trinajstić information content (AvgIpc) is 1.87. The second kappa shape index (κ2) is 5.06. The highest BCUT2D eigenvalue weighted by molar-refractivity contribution is 4.83. The van der Waals surface area contributed by atoms with Crippen molar-refractivity contribution in [1.29, 1.82) is 0 Å². The molecule has 2 unspecified atom stereocenters. The fourth-order valence-electron chi connectivity index (χ4n) is 0.335. The molecule has 0 spiro atoms. The largest absolute Gasteiger partial charge is 0.495 e. The Hall–Kier alpha value is -0.760. The fourth-order valence-corrected chi connectivity index (χ4v) is 0.335. The Balaban J connectivity index is 3.42. The van der Waals surface area contributed by atoms with Gasteiger partial charge in [-0.25, -0.2) is 5.11 Å². The summed E-state index contributed by atoms with van der Waals surface area (Å²) in [6, 6.07) is 0. The molecular formula is C8H13O2. The van der Waals surface area contributed by atoms with Crippen LogP contribution in [0.25, 0.3) is 0 Å². The van der Waals surface area contributed by atoms with Gasteiger partial charge >= 0.3 is 0 Å². The van der Waals surface area contributed by atoms with Crippen molar-refractivity contribution in [3.05, 3.63) is 25.0 Å². The standard InChI is InChI=1S/C8H13O2/c1-4-8(3)10-6-5-7(2)9/h4-8H,1H2,2-3H3. The smallest absolute Gasteiger partial charge is 0.113 e. The highest BCUT2D eigenvalue weighted by atomic mass is 16.5. The summed E-state index contributed by atoms with van der Waals surface area (Å²) >= 11 is 0. The van der Waals surface area contributed by atoms with E-state index in [1.807, 2.05) is 6.92 Å². The van der Waals surface area contributed by atoms with E-state index in [9.17, 15) is 5.11 Å². The van der Waals surface area contributed by atoms with Crippen LogP contribution in [-0.4, -0.2) is 12.2 Å². The average molecular weight is 141 g/mol. The van der Waals surface area contributed by atoms with Crippen molar-refractivity contribution in [2.75, 3.05) is 0 Å². The van der Waals surface area contributed by atoms with Crippen molar-refractivity contribution in [2.24, 2.45) is 0 Å². The fraction of sp³-hybridized carbons (Fsp3) is 0.500. The van der Waals surface area contributed by atoms with Gasteiger partial charge in [-0.15, -0.1) is 0 Å². The zero-order chi connectivity index (χ0) is 7.98. The summed E-state index contributed by atoms with van der Waals surface area (Å²) in [5.74, 6) is 0. The molecule has 0 heterocycles. The maximum atomic E-state index is 10.4. The molecule has 2 atom stereocenters. The summed E-state index contributed by atoms with van der Waals surface area (Å²) in [6.45, 7) is 6.93. The lowest BCUT2D eigenvalue weighted by Crippen LogP contribution is -1.98. The van der Waals surface area contributed by atoms with Crippen LogP contribution in [0.4, 0.5) is 0 Å².